The summed E-state index contributed by atoms with van der Waals surface area (Å²) < 4.78 is 26.7. The van der Waals surface area contributed by atoms with Crippen LogP contribution in [0.2, 0.25) is 0 Å². The predicted molar refractivity (Wildman–Crippen MR) is 97.6 cm³/mol. The largest absolute Gasteiger partial charge is 0.322 e. The van der Waals surface area contributed by atoms with Gasteiger partial charge in [-0.1, -0.05) is 12.1 Å². The highest BCUT2D eigenvalue weighted by molar-refractivity contribution is 6.18. The minimum Gasteiger partial charge on any atom is -0.322 e. The van der Waals surface area contributed by atoms with Gasteiger partial charge in [-0.25, -0.2) is 8.78 Å². The van der Waals surface area contributed by atoms with E-state index >= 15 is 0 Å². The molecule has 2 heterocycles. The number of hydrogen-bond acceptors (Lipinski definition) is 3. The molecule has 1 unspecified atom stereocenters. The molecular formula is C20H17F2N3O3. The van der Waals surface area contributed by atoms with E-state index in [1.54, 1.807) is 31.2 Å². The van der Waals surface area contributed by atoms with Crippen molar-refractivity contribution in [2.45, 2.75) is 25.4 Å². The van der Waals surface area contributed by atoms with Crippen molar-refractivity contribution in [2.75, 3.05) is 16.8 Å². The first-order valence-corrected chi connectivity index (χ1v) is 8.90. The summed E-state index contributed by atoms with van der Waals surface area (Å²) in [4.78, 5) is 41.8. The Bertz CT molecular complexity index is 1010. The second-order valence-electron chi connectivity index (χ2n) is 6.70. The molecule has 1 saturated heterocycles. The number of benzene rings is 2. The van der Waals surface area contributed by atoms with Gasteiger partial charge in [0.05, 0.1) is 11.3 Å². The number of halogens is 2. The molecule has 2 aliphatic rings. The summed E-state index contributed by atoms with van der Waals surface area (Å²) in [5.74, 6) is -3.42. The van der Waals surface area contributed by atoms with Crippen LogP contribution in [0.5, 0.6) is 0 Å². The van der Waals surface area contributed by atoms with E-state index in [1.165, 1.54) is 15.9 Å². The lowest BCUT2D eigenvalue weighted by molar-refractivity contribution is -0.128. The Morgan fingerprint density at radius 3 is 2.61 bits per heavy atom. The summed E-state index contributed by atoms with van der Waals surface area (Å²) in [6, 6.07) is 9.62. The van der Waals surface area contributed by atoms with Gasteiger partial charge in [0, 0.05) is 31.1 Å². The minimum atomic E-state index is -1.55. The average Bonchev–Trinajstić information content (AvgIpc) is 3.04. The van der Waals surface area contributed by atoms with Crippen LogP contribution in [0.4, 0.5) is 20.2 Å². The number of amides is 3. The third-order valence-corrected chi connectivity index (χ3v) is 5.23. The van der Waals surface area contributed by atoms with Crippen molar-refractivity contribution in [3.8, 4) is 0 Å². The molecule has 144 valence electrons. The molecule has 1 fully saturated rings. The maximum Gasteiger partial charge on any atom is 0.271 e. The van der Waals surface area contributed by atoms with E-state index < -0.39 is 23.2 Å². The predicted octanol–water partition coefficient (Wildman–Crippen LogP) is 2.90. The molecule has 0 aliphatic carbocycles. The lowest BCUT2D eigenvalue weighted by Crippen LogP contribution is -2.69. The average molecular weight is 385 g/mol. The van der Waals surface area contributed by atoms with Gasteiger partial charge in [0.1, 0.15) is 0 Å². The van der Waals surface area contributed by atoms with E-state index in [0.717, 1.165) is 12.1 Å². The van der Waals surface area contributed by atoms with E-state index in [9.17, 15) is 23.2 Å². The number of anilines is 2. The molecule has 0 aromatic heterocycles. The fourth-order valence-electron chi connectivity index (χ4n) is 4.01. The Hall–Kier alpha value is -3.29. The number of hydrogen-bond donors (Lipinski definition) is 1. The molecule has 28 heavy (non-hydrogen) atoms. The Kier molecular flexibility index (Phi) is 4.14. The van der Waals surface area contributed by atoms with E-state index in [2.05, 4.69) is 5.32 Å². The second kappa shape index (κ2) is 6.40. The van der Waals surface area contributed by atoms with Crippen molar-refractivity contribution >= 4 is 29.1 Å². The topological polar surface area (TPSA) is 69.7 Å². The van der Waals surface area contributed by atoms with Crippen LogP contribution in [0, 0.1) is 11.6 Å². The number of fused-ring (bicyclic) bond motifs is 3. The van der Waals surface area contributed by atoms with E-state index in [4.69, 9.17) is 0 Å². The number of likely N-dealkylation sites (N-methyl/N-ethyl adjacent to an activating group) is 1. The number of nitrogens with zero attached hydrogens (tertiary/aromatic N) is 2. The molecule has 0 radical (unpaired) electrons. The molecule has 0 spiro atoms. The third-order valence-electron chi connectivity index (χ3n) is 5.23. The molecule has 2 aliphatic heterocycles. The quantitative estimate of drug-likeness (QED) is 0.883. The van der Waals surface area contributed by atoms with Crippen molar-refractivity contribution < 1.29 is 23.2 Å². The molecule has 0 saturated carbocycles. The SMILES string of the molecule is CCN1C(=O)c2ccccc2N2C(=O)CCC12C(=O)Nc1ccc(F)c(F)c1. The van der Waals surface area contributed by atoms with Crippen LogP contribution < -0.4 is 10.2 Å². The fraction of sp³-hybridized carbons (Fsp3) is 0.250. The Morgan fingerprint density at radius 2 is 1.89 bits per heavy atom. The molecule has 4 rings (SSSR count). The Labute approximate surface area is 159 Å². The first-order valence-electron chi connectivity index (χ1n) is 8.90. The zero-order valence-electron chi connectivity index (χ0n) is 15.0. The van der Waals surface area contributed by atoms with E-state index in [0.29, 0.717) is 11.3 Å². The molecule has 2 aromatic carbocycles. The summed E-state index contributed by atoms with van der Waals surface area (Å²) >= 11 is 0. The monoisotopic (exact) mass is 385 g/mol. The van der Waals surface area contributed by atoms with Crippen LogP contribution >= 0.6 is 0 Å². The third kappa shape index (κ3) is 2.41. The summed E-state index contributed by atoms with van der Waals surface area (Å²) in [7, 11) is 0. The van der Waals surface area contributed by atoms with Crippen molar-refractivity contribution in [3.63, 3.8) is 0 Å². The summed E-state index contributed by atoms with van der Waals surface area (Å²) in [5.41, 5.74) is -0.793. The Morgan fingerprint density at radius 1 is 1.14 bits per heavy atom. The molecule has 2 aromatic rings. The number of rotatable bonds is 3. The highest BCUT2D eigenvalue weighted by atomic mass is 19.2. The van der Waals surface area contributed by atoms with Crippen LogP contribution in [-0.2, 0) is 9.59 Å². The number of carbonyl (C=O) groups is 3. The van der Waals surface area contributed by atoms with Crippen LogP contribution in [0.15, 0.2) is 42.5 Å². The van der Waals surface area contributed by atoms with Gasteiger partial charge in [-0.15, -0.1) is 0 Å². The summed E-state index contributed by atoms with van der Waals surface area (Å²) in [6.45, 7) is 1.92. The molecule has 8 heteroatoms. The summed E-state index contributed by atoms with van der Waals surface area (Å²) in [6.07, 6.45) is 0.193. The second-order valence-corrected chi connectivity index (χ2v) is 6.70. The zero-order chi connectivity index (χ0) is 20.1. The van der Waals surface area contributed by atoms with E-state index in [-0.39, 0.29) is 36.9 Å². The van der Waals surface area contributed by atoms with Crippen LogP contribution in [0.3, 0.4) is 0 Å². The molecule has 6 nitrogen and oxygen atoms in total. The zero-order valence-corrected chi connectivity index (χ0v) is 15.0. The summed E-state index contributed by atoms with van der Waals surface area (Å²) in [5, 5.41) is 2.54. The van der Waals surface area contributed by atoms with Gasteiger partial charge in [0.2, 0.25) is 11.6 Å². The highest BCUT2D eigenvalue weighted by Crippen LogP contribution is 2.44. The van der Waals surface area contributed by atoms with Crippen LogP contribution in [-0.4, -0.2) is 34.8 Å². The number of para-hydroxylation sites is 1. The highest BCUT2D eigenvalue weighted by Gasteiger charge is 2.60. The van der Waals surface area contributed by atoms with Gasteiger partial charge in [-0.3, -0.25) is 19.3 Å². The van der Waals surface area contributed by atoms with Crippen molar-refractivity contribution in [3.05, 3.63) is 59.7 Å². The molecule has 3 amide bonds. The van der Waals surface area contributed by atoms with Crippen molar-refractivity contribution in [2.24, 2.45) is 0 Å². The minimum absolute atomic E-state index is 0.0416. The lowest BCUT2D eigenvalue weighted by Gasteiger charge is -2.48. The Balaban J connectivity index is 1.82. The number of nitrogens with one attached hydrogen (secondary N) is 1. The first-order chi connectivity index (χ1) is 13.4. The maximum atomic E-state index is 13.5. The number of carbonyl (C=O) groups excluding carboxylic acids is 3. The maximum absolute atomic E-state index is 13.5. The van der Waals surface area contributed by atoms with Gasteiger partial charge < -0.3 is 10.2 Å². The van der Waals surface area contributed by atoms with Gasteiger partial charge in [-0.2, -0.15) is 0 Å². The standard InChI is InChI=1S/C20H17F2N3O3/c1-2-24-18(27)13-5-3-4-6-16(13)25-17(26)9-10-20(24,25)19(28)23-12-7-8-14(21)15(22)11-12/h3-8,11H,2,9-10H2,1H3,(H,23,28). The normalized spacial score (nSPS) is 20.8. The molecular weight excluding hydrogens is 368 g/mol. The van der Waals surface area contributed by atoms with Gasteiger partial charge in [-0.05, 0) is 31.2 Å². The molecule has 1 atom stereocenters. The molecule has 0 bridgehead atoms. The smallest absolute Gasteiger partial charge is 0.271 e. The van der Waals surface area contributed by atoms with Crippen molar-refractivity contribution in [1.29, 1.82) is 0 Å². The van der Waals surface area contributed by atoms with Crippen molar-refractivity contribution in [1.82, 2.24) is 4.90 Å². The molecule has 1 N–H and O–H groups in total. The van der Waals surface area contributed by atoms with Crippen LogP contribution in [0.25, 0.3) is 0 Å². The van der Waals surface area contributed by atoms with Gasteiger partial charge >= 0.3 is 0 Å². The van der Waals surface area contributed by atoms with Crippen LogP contribution in [0.1, 0.15) is 30.1 Å². The van der Waals surface area contributed by atoms with E-state index in [1.807, 2.05) is 0 Å². The lowest BCUT2D eigenvalue weighted by atomic mass is 9.95. The van der Waals surface area contributed by atoms with Gasteiger partial charge in [0.15, 0.2) is 11.6 Å². The fourth-order valence-corrected chi connectivity index (χ4v) is 4.01. The first kappa shape index (κ1) is 18.1. The van der Waals surface area contributed by atoms with Gasteiger partial charge in [0.25, 0.3) is 11.8 Å².